The molecule has 0 aliphatic heterocycles. The normalized spacial score (nSPS) is 11.2. The zero-order valence-corrected chi connectivity index (χ0v) is 10.4. The molecule has 1 rings (SSSR count). The number of halogens is 3. The van der Waals surface area contributed by atoms with E-state index in [1.54, 1.807) is 0 Å². The summed E-state index contributed by atoms with van der Waals surface area (Å²) in [6.45, 7) is -0.993. The van der Waals surface area contributed by atoms with Crippen molar-refractivity contribution in [1.82, 2.24) is 4.98 Å². The fourth-order valence-electron chi connectivity index (χ4n) is 1.56. The van der Waals surface area contributed by atoms with E-state index in [0.717, 1.165) is 0 Å². The number of aryl methyl sites for hydroxylation is 1. The van der Waals surface area contributed by atoms with Gasteiger partial charge in [0.1, 0.15) is 18.9 Å². The van der Waals surface area contributed by atoms with Crippen LogP contribution in [0.1, 0.15) is 16.1 Å². The minimum absolute atomic E-state index is 0.263. The van der Waals surface area contributed by atoms with Gasteiger partial charge in [-0.05, 0) is 19.1 Å². The summed E-state index contributed by atoms with van der Waals surface area (Å²) >= 11 is 0. The second-order valence-electron chi connectivity index (χ2n) is 4.05. The molecule has 6 nitrogen and oxygen atoms in total. The fourth-order valence-corrected chi connectivity index (χ4v) is 1.56. The number of hydrogen-bond donors (Lipinski definition) is 2. The van der Waals surface area contributed by atoms with E-state index in [-0.39, 0.29) is 5.56 Å². The lowest BCUT2D eigenvalue weighted by atomic mass is 10.2. The number of anilines is 1. The lowest BCUT2D eigenvalue weighted by molar-refractivity contribution is -0.136. The molecule has 3 N–H and O–H groups in total. The first-order valence-electron chi connectivity index (χ1n) is 5.41. The van der Waals surface area contributed by atoms with Gasteiger partial charge in [-0.2, -0.15) is 13.2 Å². The molecule has 0 radical (unpaired) electrons. The van der Waals surface area contributed by atoms with Gasteiger partial charge in [-0.25, -0.2) is 4.98 Å². The molecule has 9 heteroatoms. The number of carbonyl (C=O) groups excluding carboxylic acids is 1. The second-order valence-corrected chi connectivity index (χ2v) is 4.05. The van der Waals surface area contributed by atoms with Crippen LogP contribution < -0.4 is 10.6 Å². The molecule has 0 aliphatic carbocycles. The minimum Gasteiger partial charge on any atom is -0.480 e. The van der Waals surface area contributed by atoms with Gasteiger partial charge in [-0.3, -0.25) is 9.59 Å². The van der Waals surface area contributed by atoms with Crippen LogP contribution in [0, 0.1) is 6.92 Å². The Labute approximate surface area is 112 Å². The first kappa shape index (κ1) is 15.7. The molecular weight excluding hydrogens is 279 g/mol. The number of primary amides is 1. The fraction of sp³-hybridized carbons (Fsp3) is 0.364. The molecule has 0 atom stereocenters. The molecule has 20 heavy (non-hydrogen) atoms. The number of hydrogen-bond acceptors (Lipinski definition) is 4. The highest BCUT2D eigenvalue weighted by molar-refractivity contribution is 5.98. The van der Waals surface area contributed by atoms with Crippen molar-refractivity contribution in [2.24, 2.45) is 5.73 Å². The summed E-state index contributed by atoms with van der Waals surface area (Å²) in [4.78, 5) is 26.1. The average Bonchev–Trinajstić information content (AvgIpc) is 2.24. The van der Waals surface area contributed by atoms with Crippen LogP contribution in [0.3, 0.4) is 0 Å². The summed E-state index contributed by atoms with van der Waals surface area (Å²) in [6, 6.07) is 2.61. The number of nitrogens with zero attached hydrogens (tertiary/aromatic N) is 2. The van der Waals surface area contributed by atoms with Crippen LogP contribution >= 0.6 is 0 Å². The van der Waals surface area contributed by atoms with E-state index in [1.165, 1.54) is 19.1 Å². The van der Waals surface area contributed by atoms with Gasteiger partial charge in [0.05, 0.1) is 5.56 Å². The lowest BCUT2D eigenvalue weighted by Crippen LogP contribution is -2.39. The number of aliphatic carboxylic acids is 1. The first-order valence-corrected chi connectivity index (χ1v) is 5.41. The third-order valence-corrected chi connectivity index (χ3v) is 2.28. The van der Waals surface area contributed by atoms with E-state index >= 15 is 0 Å². The van der Waals surface area contributed by atoms with Crippen molar-refractivity contribution in [3.05, 3.63) is 23.4 Å². The number of carbonyl (C=O) groups is 2. The standard InChI is InChI=1S/C11H12F3N3O3/c1-6-2-3-7(9(15)20)10(16-6)17(4-8(18)19)5-11(12,13)14/h2-3H,4-5H2,1H3,(H2,15,20)(H,18,19). The van der Waals surface area contributed by atoms with E-state index in [1.807, 2.05) is 0 Å². The van der Waals surface area contributed by atoms with Crippen LogP contribution in [-0.4, -0.2) is 41.2 Å². The third-order valence-electron chi connectivity index (χ3n) is 2.28. The molecule has 1 aromatic rings. The SMILES string of the molecule is Cc1ccc(C(N)=O)c(N(CC(=O)O)CC(F)(F)F)n1. The molecular formula is C11H12F3N3O3. The van der Waals surface area contributed by atoms with Crippen molar-refractivity contribution in [2.45, 2.75) is 13.1 Å². The van der Waals surface area contributed by atoms with Gasteiger partial charge in [0.25, 0.3) is 5.91 Å². The maximum Gasteiger partial charge on any atom is 0.405 e. The molecule has 0 fully saturated rings. The van der Waals surface area contributed by atoms with Gasteiger partial charge in [0, 0.05) is 5.69 Å². The molecule has 1 aromatic heterocycles. The van der Waals surface area contributed by atoms with Gasteiger partial charge in [-0.1, -0.05) is 0 Å². The number of carboxylic acids is 1. The molecule has 1 heterocycles. The second kappa shape index (κ2) is 5.76. The Morgan fingerprint density at radius 1 is 1.40 bits per heavy atom. The van der Waals surface area contributed by atoms with Crippen LogP contribution in [0.25, 0.3) is 0 Å². The van der Waals surface area contributed by atoms with Crippen molar-refractivity contribution in [1.29, 1.82) is 0 Å². The number of carboxylic acid groups (broad SMARTS) is 1. The van der Waals surface area contributed by atoms with E-state index < -0.39 is 37.0 Å². The number of rotatable bonds is 5. The number of alkyl halides is 3. The monoisotopic (exact) mass is 291 g/mol. The van der Waals surface area contributed by atoms with Gasteiger partial charge in [0.2, 0.25) is 0 Å². The molecule has 0 saturated heterocycles. The minimum atomic E-state index is -4.64. The Morgan fingerprint density at radius 3 is 2.45 bits per heavy atom. The summed E-state index contributed by atoms with van der Waals surface area (Å²) in [5.41, 5.74) is 5.14. The number of aromatic nitrogens is 1. The van der Waals surface area contributed by atoms with Crippen LogP contribution in [0.5, 0.6) is 0 Å². The van der Waals surface area contributed by atoms with E-state index in [9.17, 15) is 22.8 Å². The predicted octanol–water partition coefficient (Wildman–Crippen LogP) is 0.942. The topological polar surface area (TPSA) is 96.5 Å². The summed E-state index contributed by atoms with van der Waals surface area (Å²) in [7, 11) is 0. The third kappa shape index (κ3) is 4.41. The molecule has 110 valence electrons. The molecule has 0 aliphatic rings. The molecule has 0 aromatic carbocycles. The van der Waals surface area contributed by atoms with Gasteiger partial charge >= 0.3 is 12.1 Å². The van der Waals surface area contributed by atoms with Gasteiger partial charge in [-0.15, -0.1) is 0 Å². The van der Waals surface area contributed by atoms with Crippen molar-refractivity contribution in [2.75, 3.05) is 18.0 Å². The van der Waals surface area contributed by atoms with Gasteiger partial charge < -0.3 is 15.7 Å². The summed E-state index contributed by atoms with van der Waals surface area (Å²) in [5, 5.41) is 8.69. The van der Waals surface area contributed by atoms with Crippen LogP contribution in [0.15, 0.2) is 12.1 Å². The Bertz CT molecular complexity index is 531. The molecule has 1 amide bonds. The molecule has 0 unspecified atom stereocenters. The van der Waals surface area contributed by atoms with E-state index in [4.69, 9.17) is 10.8 Å². The molecule has 0 spiro atoms. The Hall–Kier alpha value is -2.32. The lowest BCUT2D eigenvalue weighted by Gasteiger charge is -2.24. The quantitative estimate of drug-likeness (QED) is 0.841. The zero-order chi connectivity index (χ0) is 15.5. The predicted molar refractivity (Wildman–Crippen MR) is 63.4 cm³/mol. The Morgan fingerprint density at radius 2 is 2.00 bits per heavy atom. The summed E-state index contributed by atoms with van der Waals surface area (Å²) < 4.78 is 37.5. The van der Waals surface area contributed by atoms with Crippen LogP contribution in [-0.2, 0) is 4.79 Å². The molecule has 0 bridgehead atoms. The number of amides is 1. The Balaban J connectivity index is 3.28. The van der Waals surface area contributed by atoms with Crippen LogP contribution in [0.2, 0.25) is 0 Å². The smallest absolute Gasteiger partial charge is 0.405 e. The van der Waals surface area contributed by atoms with E-state index in [0.29, 0.717) is 10.6 Å². The Kier molecular flexibility index (Phi) is 4.53. The van der Waals surface area contributed by atoms with Crippen LogP contribution in [0.4, 0.5) is 19.0 Å². The zero-order valence-electron chi connectivity index (χ0n) is 10.4. The first-order chi connectivity index (χ1) is 9.10. The molecule has 0 saturated carbocycles. The van der Waals surface area contributed by atoms with Crippen molar-refractivity contribution < 1.29 is 27.9 Å². The maximum atomic E-state index is 12.5. The summed E-state index contributed by atoms with van der Waals surface area (Å²) in [6.07, 6.45) is -4.64. The van der Waals surface area contributed by atoms with Crippen molar-refractivity contribution >= 4 is 17.7 Å². The van der Waals surface area contributed by atoms with Crippen molar-refractivity contribution in [3.8, 4) is 0 Å². The summed E-state index contributed by atoms with van der Waals surface area (Å²) in [5.74, 6) is -2.85. The number of nitrogens with two attached hydrogens (primary N) is 1. The highest BCUT2D eigenvalue weighted by Gasteiger charge is 2.33. The van der Waals surface area contributed by atoms with Gasteiger partial charge in [0.15, 0.2) is 0 Å². The maximum absolute atomic E-state index is 12.5. The largest absolute Gasteiger partial charge is 0.480 e. The van der Waals surface area contributed by atoms with Crippen molar-refractivity contribution in [3.63, 3.8) is 0 Å². The number of pyridine rings is 1. The highest BCUT2D eigenvalue weighted by Crippen LogP contribution is 2.23. The highest BCUT2D eigenvalue weighted by atomic mass is 19.4. The van der Waals surface area contributed by atoms with E-state index in [2.05, 4.69) is 4.98 Å². The average molecular weight is 291 g/mol.